The molecule has 4 heteroatoms. The number of rotatable bonds is 7. The van der Waals surface area contributed by atoms with E-state index >= 15 is 0 Å². The molecule has 19 heavy (non-hydrogen) atoms. The molecule has 0 aromatic heterocycles. The minimum atomic E-state index is -0.634. The Hall–Kier alpha value is -0.160. The van der Waals surface area contributed by atoms with Crippen LogP contribution in [0.5, 0.6) is 0 Å². The standard InChI is InChI=1S/C15H33N3O/c1-13(2)10-17-6-8-18(9-7-17)12-15(5,19)11-16-14(3)4/h13-14,16,19H,6-12H2,1-5H3. The Morgan fingerprint density at radius 2 is 1.58 bits per heavy atom. The highest BCUT2D eigenvalue weighted by Gasteiger charge is 2.26. The van der Waals surface area contributed by atoms with Crippen LogP contribution in [0.25, 0.3) is 0 Å². The summed E-state index contributed by atoms with van der Waals surface area (Å²) in [5, 5.41) is 13.7. The van der Waals surface area contributed by atoms with Crippen molar-refractivity contribution in [3.63, 3.8) is 0 Å². The molecule has 1 saturated heterocycles. The first kappa shape index (κ1) is 16.9. The van der Waals surface area contributed by atoms with Gasteiger partial charge in [-0.05, 0) is 12.8 Å². The minimum absolute atomic E-state index is 0.425. The molecule has 114 valence electrons. The Morgan fingerprint density at radius 3 is 2.05 bits per heavy atom. The SMILES string of the molecule is CC(C)CN1CCN(CC(C)(O)CNC(C)C)CC1. The average Bonchev–Trinajstić information content (AvgIpc) is 2.28. The molecule has 1 atom stereocenters. The van der Waals surface area contributed by atoms with E-state index in [9.17, 15) is 5.11 Å². The zero-order chi connectivity index (χ0) is 14.5. The van der Waals surface area contributed by atoms with Gasteiger partial charge in [0.05, 0.1) is 5.60 Å². The third kappa shape index (κ3) is 7.25. The van der Waals surface area contributed by atoms with E-state index in [0.29, 0.717) is 12.6 Å². The smallest absolute Gasteiger partial charge is 0.0869 e. The second-order valence-corrected chi connectivity index (χ2v) is 7.00. The Bertz CT molecular complexity index is 246. The summed E-state index contributed by atoms with van der Waals surface area (Å²) in [5.41, 5.74) is -0.634. The summed E-state index contributed by atoms with van der Waals surface area (Å²) in [7, 11) is 0. The molecule has 0 aliphatic carbocycles. The predicted octanol–water partition coefficient (Wildman–Crippen LogP) is 1.01. The Labute approximate surface area is 119 Å². The van der Waals surface area contributed by atoms with E-state index in [1.165, 1.54) is 6.54 Å². The van der Waals surface area contributed by atoms with Gasteiger partial charge in [-0.1, -0.05) is 27.7 Å². The number of β-amino-alcohol motifs (C(OH)–C–C–N with tert-alkyl or cyclic N) is 1. The van der Waals surface area contributed by atoms with Crippen LogP contribution < -0.4 is 5.32 Å². The lowest BCUT2D eigenvalue weighted by molar-refractivity contribution is 0.00249. The maximum absolute atomic E-state index is 10.4. The minimum Gasteiger partial charge on any atom is -0.388 e. The fourth-order valence-corrected chi connectivity index (χ4v) is 2.61. The van der Waals surface area contributed by atoms with E-state index in [1.807, 2.05) is 6.92 Å². The fourth-order valence-electron chi connectivity index (χ4n) is 2.61. The van der Waals surface area contributed by atoms with E-state index in [4.69, 9.17) is 0 Å². The van der Waals surface area contributed by atoms with Crippen molar-refractivity contribution in [2.75, 3.05) is 45.8 Å². The summed E-state index contributed by atoms with van der Waals surface area (Å²) < 4.78 is 0. The predicted molar refractivity (Wildman–Crippen MR) is 81.5 cm³/mol. The van der Waals surface area contributed by atoms with Gasteiger partial charge in [-0.15, -0.1) is 0 Å². The van der Waals surface area contributed by atoms with E-state index in [-0.39, 0.29) is 0 Å². The average molecular weight is 271 g/mol. The van der Waals surface area contributed by atoms with Gasteiger partial charge in [0.25, 0.3) is 0 Å². The second-order valence-electron chi connectivity index (χ2n) is 7.00. The van der Waals surface area contributed by atoms with Crippen molar-refractivity contribution in [1.29, 1.82) is 0 Å². The van der Waals surface area contributed by atoms with Gasteiger partial charge in [0.1, 0.15) is 0 Å². The summed E-state index contributed by atoms with van der Waals surface area (Å²) in [4.78, 5) is 4.92. The molecule has 0 bridgehead atoms. The van der Waals surface area contributed by atoms with Gasteiger partial charge >= 0.3 is 0 Å². The lowest BCUT2D eigenvalue weighted by Gasteiger charge is -2.39. The van der Waals surface area contributed by atoms with Gasteiger partial charge in [0.2, 0.25) is 0 Å². The highest BCUT2D eigenvalue weighted by atomic mass is 16.3. The quantitative estimate of drug-likeness (QED) is 0.725. The summed E-state index contributed by atoms with van der Waals surface area (Å²) in [6.45, 7) is 17.7. The number of piperazine rings is 1. The number of hydrogen-bond donors (Lipinski definition) is 2. The van der Waals surface area contributed by atoms with Crippen LogP contribution in [0.3, 0.4) is 0 Å². The van der Waals surface area contributed by atoms with Crippen molar-refractivity contribution in [2.45, 2.75) is 46.3 Å². The zero-order valence-electron chi connectivity index (χ0n) is 13.4. The molecule has 0 aromatic carbocycles. The molecule has 0 amide bonds. The summed E-state index contributed by atoms with van der Waals surface area (Å²) in [5.74, 6) is 0.741. The largest absolute Gasteiger partial charge is 0.388 e. The van der Waals surface area contributed by atoms with E-state index in [0.717, 1.165) is 38.6 Å². The molecule has 1 aliphatic rings. The van der Waals surface area contributed by atoms with Crippen molar-refractivity contribution < 1.29 is 5.11 Å². The molecular weight excluding hydrogens is 238 g/mol. The molecular formula is C15H33N3O. The maximum Gasteiger partial charge on any atom is 0.0869 e. The molecule has 0 aromatic rings. The van der Waals surface area contributed by atoms with Gasteiger partial charge in [-0.3, -0.25) is 4.90 Å². The Kier molecular flexibility index (Phi) is 6.74. The monoisotopic (exact) mass is 271 g/mol. The van der Waals surface area contributed by atoms with E-state index in [1.54, 1.807) is 0 Å². The number of aliphatic hydroxyl groups is 1. The normalized spacial score (nSPS) is 22.1. The highest BCUT2D eigenvalue weighted by Crippen LogP contribution is 2.10. The van der Waals surface area contributed by atoms with Gasteiger partial charge in [-0.25, -0.2) is 0 Å². The summed E-state index contributed by atoms with van der Waals surface area (Å²) >= 11 is 0. The van der Waals surface area contributed by atoms with Crippen molar-refractivity contribution in [2.24, 2.45) is 5.92 Å². The third-order valence-electron chi connectivity index (χ3n) is 3.54. The van der Waals surface area contributed by atoms with Gasteiger partial charge in [0, 0.05) is 51.9 Å². The lowest BCUT2D eigenvalue weighted by Crippen LogP contribution is -2.54. The van der Waals surface area contributed by atoms with E-state index in [2.05, 4.69) is 42.8 Å². The molecule has 1 fully saturated rings. The van der Waals surface area contributed by atoms with Crippen LogP contribution in [0.15, 0.2) is 0 Å². The first-order valence-electron chi connectivity index (χ1n) is 7.69. The summed E-state index contributed by atoms with van der Waals surface area (Å²) in [6, 6.07) is 0.425. The van der Waals surface area contributed by atoms with Crippen LogP contribution >= 0.6 is 0 Å². The third-order valence-corrected chi connectivity index (χ3v) is 3.54. The zero-order valence-corrected chi connectivity index (χ0v) is 13.4. The molecule has 1 heterocycles. The van der Waals surface area contributed by atoms with Crippen LogP contribution in [0.1, 0.15) is 34.6 Å². The van der Waals surface area contributed by atoms with Crippen molar-refractivity contribution in [3.05, 3.63) is 0 Å². The molecule has 4 nitrogen and oxygen atoms in total. The first-order chi connectivity index (χ1) is 8.78. The first-order valence-corrected chi connectivity index (χ1v) is 7.69. The van der Waals surface area contributed by atoms with Gasteiger partial charge < -0.3 is 15.3 Å². The van der Waals surface area contributed by atoms with Crippen LogP contribution in [-0.4, -0.2) is 72.4 Å². The molecule has 0 radical (unpaired) electrons. The molecule has 0 saturated carbocycles. The second kappa shape index (κ2) is 7.58. The number of hydrogen-bond acceptors (Lipinski definition) is 4. The maximum atomic E-state index is 10.4. The van der Waals surface area contributed by atoms with Crippen LogP contribution in [0, 0.1) is 5.92 Å². The Morgan fingerprint density at radius 1 is 1.05 bits per heavy atom. The fraction of sp³-hybridized carbons (Fsp3) is 1.00. The van der Waals surface area contributed by atoms with Crippen LogP contribution in [0.4, 0.5) is 0 Å². The number of nitrogens with one attached hydrogen (secondary N) is 1. The highest BCUT2D eigenvalue weighted by molar-refractivity contribution is 4.83. The molecule has 1 unspecified atom stereocenters. The number of nitrogens with zero attached hydrogens (tertiary/aromatic N) is 2. The molecule has 1 rings (SSSR count). The lowest BCUT2D eigenvalue weighted by atomic mass is 10.1. The van der Waals surface area contributed by atoms with Crippen LogP contribution in [-0.2, 0) is 0 Å². The molecule has 0 spiro atoms. The van der Waals surface area contributed by atoms with Gasteiger partial charge in [-0.2, -0.15) is 0 Å². The summed E-state index contributed by atoms with van der Waals surface area (Å²) in [6.07, 6.45) is 0. The topological polar surface area (TPSA) is 38.7 Å². The van der Waals surface area contributed by atoms with Crippen molar-refractivity contribution >= 4 is 0 Å². The van der Waals surface area contributed by atoms with Crippen molar-refractivity contribution in [3.8, 4) is 0 Å². The van der Waals surface area contributed by atoms with Crippen molar-refractivity contribution in [1.82, 2.24) is 15.1 Å². The molecule has 1 aliphatic heterocycles. The van der Waals surface area contributed by atoms with Gasteiger partial charge in [0.15, 0.2) is 0 Å². The van der Waals surface area contributed by atoms with Crippen LogP contribution in [0.2, 0.25) is 0 Å². The molecule has 2 N–H and O–H groups in total. The Balaban J connectivity index is 2.27. The van der Waals surface area contributed by atoms with E-state index < -0.39 is 5.60 Å².